The molecule has 0 radical (unpaired) electrons. The Balaban J connectivity index is 2.56. The molecule has 0 amide bonds. The van der Waals surface area contributed by atoms with Crippen LogP contribution in [0.2, 0.25) is 0 Å². The van der Waals surface area contributed by atoms with Gasteiger partial charge in [-0.3, -0.25) is 0 Å². The first-order chi connectivity index (χ1) is 7.89. The second kappa shape index (κ2) is 4.37. The van der Waals surface area contributed by atoms with E-state index in [4.69, 9.17) is 9.97 Å². The van der Waals surface area contributed by atoms with Crippen LogP contribution in [-0.2, 0) is 18.4 Å². The van der Waals surface area contributed by atoms with Gasteiger partial charge in [0.2, 0.25) is 0 Å². The first-order valence-electron chi connectivity index (χ1n) is 6.50. The van der Waals surface area contributed by atoms with Crippen LogP contribution in [0.5, 0.6) is 0 Å². The standard InChI is InChI=1S/C14H23N3/c1-9(2)12-10-8-15-7-6-11(10)16-13(17-12)14(3,4)5/h9,15H,6-8H2,1-5H3. The van der Waals surface area contributed by atoms with E-state index < -0.39 is 0 Å². The van der Waals surface area contributed by atoms with E-state index in [1.54, 1.807) is 0 Å². The van der Waals surface area contributed by atoms with E-state index in [0.717, 1.165) is 25.3 Å². The summed E-state index contributed by atoms with van der Waals surface area (Å²) < 4.78 is 0. The lowest BCUT2D eigenvalue weighted by atomic mass is 9.92. The summed E-state index contributed by atoms with van der Waals surface area (Å²) in [4.78, 5) is 9.58. The molecule has 3 heteroatoms. The summed E-state index contributed by atoms with van der Waals surface area (Å²) in [6.45, 7) is 12.9. The third kappa shape index (κ3) is 2.49. The molecule has 3 nitrogen and oxygen atoms in total. The lowest BCUT2D eigenvalue weighted by Crippen LogP contribution is -2.29. The van der Waals surface area contributed by atoms with Crippen molar-refractivity contribution in [3.8, 4) is 0 Å². The molecule has 0 saturated carbocycles. The van der Waals surface area contributed by atoms with Gasteiger partial charge in [-0.25, -0.2) is 9.97 Å². The monoisotopic (exact) mass is 233 g/mol. The zero-order valence-electron chi connectivity index (χ0n) is 11.6. The largest absolute Gasteiger partial charge is 0.312 e. The van der Waals surface area contributed by atoms with Crippen molar-refractivity contribution in [1.29, 1.82) is 0 Å². The van der Waals surface area contributed by atoms with Crippen LogP contribution < -0.4 is 5.32 Å². The molecule has 0 saturated heterocycles. The number of hydrogen-bond donors (Lipinski definition) is 1. The molecule has 1 aromatic rings. The maximum Gasteiger partial charge on any atom is 0.134 e. The second-order valence-electron chi connectivity index (χ2n) is 6.19. The van der Waals surface area contributed by atoms with Crippen LogP contribution in [0.15, 0.2) is 0 Å². The smallest absolute Gasteiger partial charge is 0.134 e. The molecule has 0 spiro atoms. The average Bonchev–Trinajstić information content (AvgIpc) is 2.26. The molecule has 1 N–H and O–H groups in total. The Morgan fingerprint density at radius 3 is 2.47 bits per heavy atom. The van der Waals surface area contributed by atoms with E-state index in [1.807, 2.05) is 0 Å². The fourth-order valence-corrected chi connectivity index (χ4v) is 2.18. The molecule has 0 bridgehead atoms. The van der Waals surface area contributed by atoms with Crippen molar-refractivity contribution in [1.82, 2.24) is 15.3 Å². The molecule has 2 rings (SSSR count). The Morgan fingerprint density at radius 2 is 1.88 bits per heavy atom. The van der Waals surface area contributed by atoms with E-state index >= 15 is 0 Å². The normalized spacial score (nSPS) is 16.1. The van der Waals surface area contributed by atoms with Gasteiger partial charge in [0.15, 0.2) is 0 Å². The fraction of sp³-hybridized carbons (Fsp3) is 0.714. The Morgan fingerprint density at radius 1 is 1.18 bits per heavy atom. The van der Waals surface area contributed by atoms with Gasteiger partial charge in [-0.1, -0.05) is 34.6 Å². The third-order valence-electron chi connectivity index (χ3n) is 3.18. The van der Waals surface area contributed by atoms with E-state index in [0.29, 0.717) is 5.92 Å². The molecule has 0 atom stereocenters. The molecule has 94 valence electrons. The highest BCUT2D eigenvalue weighted by molar-refractivity contribution is 5.31. The van der Waals surface area contributed by atoms with Gasteiger partial charge in [0.1, 0.15) is 5.82 Å². The summed E-state index contributed by atoms with van der Waals surface area (Å²) in [6, 6.07) is 0. The lowest BCUT2D eigenvalue weighted by molar-refractivity contribution is 0.519. The van der Waals surface area contributed by atoms with Crippen molar-refractivity contribution in [2.75, 3.05) is 6.54 Å². The highest BCUT2D eigenvalue weighted by Crippen LogP contribution is 2.26. The van der Waals surface area contributed by atoms with Crippen LogP contribution in [0.3, 0.4) is 0 Å². The first kappa shape index (κ1) is 12.5. The highest BCUT2D eigenvalue weighted by atomic mass is 15.0. The number of rotatable bonds is 1. The Bertz CT molecular complexity index is 416. The summed E-state index contributed by atoms with van der Waals surface area (Å²) >= 11 is 0. The van der Waals surface area contributed by atoms with Crippen LogP contribution in [-0.4, -0.2) is 16.5 Å². The number of fused-ring (bicyclic) bond motifs is 1. The third-order valence-corrected chi connectivity index (χ3v) is 3.18. The van der Waals surface area contributed by atoms with Gasteiger partial charge in [-0.15, -0.1) is 0 Å². The quantitative estimate of drug-likeness (QED) is 0.810. The number of nitrogens with zero attached hydrogens (tertiary/aromatic N) is 2. The van der Waals surface area contributed by atoms with Crippen molar-refractivity contribution < 1.29 is 0 Å². The maximum atomic E-state index is 4.81. The van der Waals surface area contributed by atoms with Crippen LogP contribution >= 0.6 is 0 Å². The molecule has 1 aliphatic rings. The second-order valence-corrected chi connectivity index (χ2v) is 6.19. The van der Waals surface area contributed by atoms with Gasteiger partial charge in [0.05, 0.1) is 11.4 Å². The molecular formula is C14H23N3. The number of aromatic nitrogens is 2. The molecule has 0 aromatic carbocycles. The van der Waals surface area contributed by atoms with Crippen molar-refractivity contribution in [3.05, 3.63) is 22.8 Å². The molecule has 0 unspecified atom stereocenters. The zero-order chi connectivity index (χ0) is 12.6. The molecule has 0 fully saturated rings. The minimum Gasteiger partial charge on any atom is -0.312 e. The highest BCUT2D eigenvalue weighted by Gasteiger charge is 2.24. The zero-order valence-corrected chi connectivity index (χ0v) is 11.6. The van der Waals surface area contributed by atoms with Crippen molar-refractivity contribution in [2.24, 2.45) is 0 Å². The first-order valence-corrected chi connectivity index (χ1v) is 6.50. The topological polar surface area (TPSA) is 37.8 Å². The van der Waals surface area contributed by atoms with Crippen molar-refractivity contribution in [2.45, 2.75) is 58.9 Å². The number of hydrogen-bond acceptors (Lipinski definition) is 3. The lowest BCUT2D eigenvalue weighted by Gasteiger charge is -2.25. The molecule has 0 aliphatic carbocycles. The van der Waals surface area contributed by atoms with Crippen LogP contribution in [0.1, 0.15) is 63.3 Å². The van der Waals surface area contributed by atoms with Crippen molar-refractivity contribution in [3.63, 3.8) is 0 Å². The van der Waals surface area contributed by atoms with Gasteiger partial charge in [-0.2, -0.15) is 0 Å². The van der Waals surface area contributed by atoms with Crippen LogP contribution in [0, 0.1) is 0 Å². The Labute approximate surface area is 104 Å². The van der Waals surface area contributed by atoms with E-state index in [-0.39, 0.29) is 5.41 Å². The van der Waals surface area contributed by atoms with Gasteiger partial charge < -0.3 is 5.32 Å². The Kier molecular flexibility index (Phi) is 3.21. The SMILES string of the molecule is CC(C)c1nc(C(C)(C)C)nc2c1CNCC2. The number of nitrogens with one attached hydrogen (secondary N) is 1. The Hall–Kier alpha value is -0.960. The molecular weight excluding hydrogens is 210 g/mol. The predicted octanol–water partition coefficient (Wildman–Crippen LogP) is 2.54. The van der Waals surface area contributed by atoms with Crippen LogP contribution in [0.4, 0.5) is 0 Å². The summed E-state index contributed by atoms with van der Waals surface area (Å²) in [5, 5.41) is 3.41. The molecule has 1 aromatic heterocycles. The predicted molar refractivity (Wildman–Crippen MR) is 70.2 cm³/mol. The molecule has 17 heavy (non-hydrogen) atoms. The maximum absolute atomic E-state index is 4.81. The summed E-state index contributed by atoms with van der Waals surface area (Å²) in [6.07, 6.45) is 1.03. The van der Waals surface area contributed by atoms with E-state index in [9.17, 15) is 0 Å². The molecule has 1 aliphatic heterocycles. The molecule has 2 heterocycles. The minimum atomic E-state index is 0.0313. The van der Waals surface area contributed by atoms with Gasteiger partial charge in [0, 0.05) is 30.5 Å². The van der Waals surface area contributed by atoms with Gasteiger partial charge in [-0.05, 0) is 5.92 Å². The fourth-order valence-electron chi connectivity index (χ4n) is 2.18. The average molecular weight is 233 g/mol. The minimum absolute atomic E-state index is 0.0313. The van der Waals surface area contributed by atoms with Gasteiger partial charge >= 0.3 is 0 Å². The van der Waals surface area contributed by atoms with E-state index in [2.05, 4.69) is 39.9 Å². The summed E-state index contributed by atoms with van der Waals surface area (Å²) in [5.41, 5.74) is 3.85. The summed E-state index contributed by atoms with van der Waals surface area (Å²) in [7, 11) is 0. The summed E-state index contributed by atoms with van der Waals surface area (Å²) in [5.74, 6) is 1.45. The van der Waals surface area contributed by atoms with Gasteiger partial charge in [0.25, 0.3) is 0 Å². The van der Waals surface area contributed by atoms with Crippen molar-refractivity contribution >= 4 is 0 Å². The van der Waals surface area contributed by atoms with E-state index in [1.165, 1.54) is 17.0 Å². The van der Waals surface area contributed by atoms with Crippen LogP contribution in [0.25, 0.3) is 0 Å².